The summed E-state index contributed by atoms with van der Waals surface area (Å²) in [5.41, 5.74) is 1.33. The van der Waals surface area contributed by atoms with Crippen LogP contribution >= 0.6 is 0 Å². The average molecular weight is 275 g/mol. The minimum Gasteiger partial charge on any atom is -0.311 e. The molecule has 0 saturated heterocycles. The van der Waals surface area contributed by atoms with Crippen LogP contribution < -0.4 is 5.32 Å². The van der Waals surface area contributed by atoms with E-state index in [1.165, 1.54) is 5.57 Å². The summed E-state index contributed by atoms with van der Waals surface area (Å²) in [4.78, 5) is 12.5. The van der Waals surface area contributed by atoms with E-state index in [1.807, 2.05) is 10.7 Å². The van der Waals surface area contributed by atoms with Crippen LogP contribution in [0.15, 0.2) is 23.9 Å². The number of aryl methyl sites for hydroxylation is 1. The number of amides is 1. The van der Waals surface area contributed by atoms with Crippen molar-refractivity contribution in [1.82, 2.24) is 9.78 Å². The van der Waals surface area contributed by atoms with Crippen LogP contribution in [0.4, 0.5) is 5.82 Å². The molecule has 1 aromatic heterocycles. The second kappa shape index (κ2) is 5.43. The SMILES string of the molecule is CCCn1nccc1NC(=O)[C@@H]1[C@H](C=C(C)C)C1(C)C. The van der Waals surface area contributed by atoms with E-state index in [1.54, 1.807) is 6.20 Å². The molecule has 2 atom stereocenters. The van der Waals surface area contributed by atoms with Gasteiger partial charge in [0.25, 0.3) is 0 Å². The summed E-state index contributed by atoms with van der Waals surface area (Å²) in [6.45, 7) is 11.4. The number of hydrogen-bond donors (Lipinski definition) is 1. The van der Waals surface area contributed by atoms with Crippen LogP contribution in [0.25, 0.3) is 0 Å². The Kier molecular flexibility index (Phi) is 4.02. The molecule has 4 heteroatoms. The maximum absolute atomic E-state index is 12.5. The van der Waals surface area contributed by atoms with E-state index in [4.69, 9.17) is 0 Å². The second-order valence-electron chi connectivity index (χ2n) is 6.50. The zero-order chi connectivity index (χ0) is 14.9. The Bertz CT molecular complexity index is 524. The van der Waals surface area contributed by atoms with Crippen molar-refractivity contribution in [3.8, 4) is 0 Å². The highest BCUT2D eigenvalue weighted by molar-refractivity contribution is 5.95. The van der Waals surface area contributed by atoms with Crippen molar-refractivity contribution in [3.05, 3.63) is 23.9 Å². The van der Waals surface area contributed by atoms with Gasteiger partial charge in [-0.15, -0.1) is 0 Å². The number of anilines is 1. The third-order valence-corrected chi connectivity index (χ3v) is 4.11. The number of nitrogens with one attached hydrogen (secondary N) is 1. The summed E-state index contributed by atoms with van der Waals surface area (Å²) in [5, 5.41) is 7.26. The maximum Gasteiger partial charge on any atom is 0.229 e. The maximum atomic E-state index is 12.5. The summed E-state index contributed by atoms with van der Waals surface area (Å²) < 4.78 is 1.85. The van der Waals surface area contributed by atoms with Crippen molar-refractivity contribution in [2.75, 3.05) is 5.32 Å². The van der Waals surface area contributed by atoms with Crippen LogP contribution in [-0.4, -0.2) is 15.7 Å². The van der Waals surface area contributed by atoms with Gasteiger partial charge < -0.3 is 5.32 Å². The first-order valence-corrected chi connectivity index (χ1v) is 7.35. The molecule has 1 aliphatic carbocycles. The van der Waals surface area contributed by atoms with Gasteiger partial charge in [-0.05, 0) is 31.6 Å². The molecule has 0 spiro atoms. The van der Waals surface area contributed by atoms with Gasteiger partial charge in [-0.3, -0.25) is 4.79 Å². The van der Waals surface area contributed by atoms with E-state index in [0.29, 0.717) is 5.92 Å². The summed E-state index contributed by atoms with van der Waals surface area (Å²) in [6, 6.07) is 1.86. The molecule has 1 amide bonds. The molecular formula is C16H25N3O. The van der Waals surface area contributed by atoms with Crippen LogP contribution in [0, 0.1) is 17.3 Å². The smallest absolute Gasteiger partial charge is 0.229 e. The predicted octanol–water partition coefficient (Wildman–Crippen LogP) is 3.47. The minimum atomic E-state index is 0.0525. The first kappa shape index (κ1) is 14.8. The Balaban J connectivity index is 2.06. The standard InChI is InChI=1S/C16H25N3O/c1-6-9-19-13(7-8-17-19)18-15(20)14-12(10-11(2)3)16(14,4)5/h7-8,10,12,14H,6,9H2,1-5H3,(H,18,20)/t12-,14-/m0/s1. The first-order valence-electron chi connectivity index (χ1n) is 7.35. The van der Waals surface area contributed by atoms with E-state index in [9.17, 15) is 4.79 Å². The van der Waals surface area contributed by atoms with Crippen molar-refractivity contribution in [3.63, 3.8) is 0 Å². The molecule has 0 radical (unpaired) electrons. The van der Waals surface area contributed by atoms with Crippen LogP contribution in [0.3, 0.4) is 0 Å². The van der Waals surface area contributed by atoms with Gasteiger partial charge in [-0.25, -0.2) is 4.68 Å². The summed E-state index contributed by atoms with van der Waals surface area (Å²) in [6.07, 6.45) is 4.95. The van der Waals surface area contributed by atoms with Gasteiger partial charge in [0.15, 0.2) is 0 Å². The van der Waals surface area contributed by atoms with Crippen LogP contribution in [-0.2, 0) is 11.3 Å². The molecule has 4 nitrogen and oxygen atoms in total. The number of aromatic nitrogens is 2. The fraction of sp³-hybridized carbons (Fsp3) is 0.625. The third kappa shape index (κ3) is 2.79. The molecule has 110 valence electrons. The molecule has 20 heavy (non-hydrogen) atoms. The first-order chi connectivity index (χ1) is 9.37. The van der Waals surface area contributed by atoms with Gasteiger partial charge in [-0.1, -0.05) is 32.4 Å². The Labute approximate surface area is 121 Å². The van der Waals surface area contributed by atoms with Gasteiger partial charge in [0.1, 0.15) is 5.82 Å². The van der Waals surface area contributed by atoms with Crippen molar-refractivity contribution >= 4 is 11.7 Å². The van der Waals surface area contributed by atoms with E-state index in [2.05, 4.69) is 51.1 Å². The molecule has 1 N–H and O–H groups in total. The quantitative estimate of drug-likeness (QED) is 0.836. The Morgan fingerprint density at radius 3 is 2.80 bits per heavy atom. The van der Waals surface area contributed by atoms with Gasteiger partial charge in [0, 0.05) is 12.6 Å². The van der Waals surface area contributed by atoms with Crippen LogP contribution in [0.1, 0.15) is 41.0 Å². The normalized spacial score (nSPS) is 23.2. The zero-order valence-electron chi connectivity index (χ0n) is 13.1. The number of carbonyl (C=O) groups excluding carboxylic acids is 1. The molecule has 0 aromatic carbocycles. The lowest BCUT2D eigenvalue weighted by Gasteiger charge is -2.08. The molecule has 2 rings (SSSR count). The molecule has 0 unspecified atom stereocenters. The molecule has 1 aliphatic rings. The van der Waals surface area contributed by atoms with Gasteiger partial charge >= 0.3 is 0 Å². The van der Waals surface area contributed by atoms with E-state index < -0.39 is 0 Å². The Morgan fingerprint density at radius 1 is 1.50 bits per heavy atom. The van der Waals surface area contributed by atoms with Gasteiger partial charge in [-0.2, -0.15) is 5.10 Å². The average Bonchev–Trinajstić information content (AvgIpc) is 2.69. The largest absolute Gasteiger partial charge is 0.311 e. The van der Waals surface area contributed by atoms with Crippen LogP contribution in [0.2, 0.25) is 0 Å². The molecule has 1 aromatic rings. The second-order valence-corrected chi connectivity index (χ2v) is 6.50. The predicted molar refractivity (Wildman–Crippen MR) is 81.3 cm³/mol. The van der Waals surface area contributed by atoms with Gasteiger partial charge in [0.05, 0.1) is 12.1 Å². The van der Waals surface area contributed by atoms with Crippen LogP contribution in [0.5, 0.6) is 0 Å². The lowest BCUT2D eigenvalue weighted by Crippen LogP contribution is -2.19. The van der Waals surface area contributed by atoms with E-state index in [0.717, 1.165) is 18.8 Å². The van der Waals surface area contributed by atoms with E-state index in [-0.39, 0.29) is 17.2 Å². The number of carbonyl (C=O) groups is 1. The molecule has 1 fully saturated rings. The summed E-state index contributed by atoms with van der Waals surface area (Å²) in [7, 11) is 0. The van der Waals surface area contributed by atoms with Crippen molar-refractivity contribution in [2.45, 2.75) is 47.6 Å². The minimum absolute atomic E-state index is 0.0525. The number of rotatable bonds is 5. The fourth-order valence-corrected chi connectivity index (χ4v) is 2.88. The number of nitrogens with zero attached hydrogens (tertiary/aromatic N) is 2. The lowest BCUT2D eigenvalue weighted by atomic mass is 10.1. The lowest BCUT2D eigenvalue weighted by molar-refractivity contribution is -0.118. The molecule has 1 heterocycles. The summed E-state index contributed by atoms with van der Waals surface area (Å²) >= 11 is 0. The molecule has 0 bridgehead atoms. The highest BCUT2D eigenvalue weighted by atomic mass is 16.2. The molecule has 0 aliphatic heterocycles. The summed E-state index contributed by atoms with van der Waals surface area (Å²) in [5.74, 6) is 1.31. The Morgan fingerprint density at radius 2 is 2.20 bits per heavy atom. The third-order valence-electron chi connectivity index (χ3n) is 4.11. The van der Waals surface area contributed by atoms with E-state index >= 15 is 0 Å². The van der Waals surface area contributed by atoms with Gasteiger partial charge in [0.2, 0.25) is 5.91 Å². The monoisotopic (exact) mass is 275 g/mol. The number of allylic oxidation sites excluding steroid dienone is 2. The topological polar surface area (TPSA) is 46.9 Å². The Hall–Kier alpha value is -1.58. The van der Waals surface area contributed by atoms with Crippen molar-refractivity contribution in [2.24, 2.45) is 17.3 Å². The highest BCUT2D eigenvalue weighted by Gasteiger charge is 2.60. The molecular weight excluding hydrogens is 250 g/mol. The zero-order valence-corrected chi connectivity index (χ0v) is 13.1. The number of hydrogen-bond acceptors (Lipinski definition) is 2. The fourth-order valence-electron chi connectivity index (χ4n) is 2.88. The molecule has 1 saturated carbocycles. The highest BCUT2D eigenvalue weighted by Crippen LogP contribution is 2.59. The van der Waals surface area contributed by atoms with Crippen molar-refractivity contribution < 1.29 is 4.79 Å². The van der Waals surface area contributed by atoms with Crippen molar-refractivity contribution in [1.29, 1.82) is 0 Å².